The Kier molecular flexibility index (Phi) is 18.7. The SMILES string of the molecule is C.c1ccc(-c2c3ccccc3c(-c3ccc(-n4c5ccccc5c5ccccc54)cc3)c3ccccc23)cc1.c1ccc(-n2c3cc(-c4cccc5c4sc4ccccc45)ccc3c3ccc(-c4cccc5c4sc4ccccc45)cc32)cc1.c1cnc2c([O][Al]([O]c3cccc4cccnc34)[O]c3cccc4cccnc34)cccc2c1. The highest BCUT2D eigenvalue weighted by Gasteiger charge is 2.46. The molecule has 7 heterocycles. The van der Waals surface area contributed by atoms with Crippen LogP contribution in [0.3, 0.4) is 0 Å². The number of rotatable bonds is 12. The maximum Gasteiger partial charge on any atom is 1.20 e. The third kappa shape index (κ3) is 13.0. The van der Waals surface area contributed by atoms with Gasteiger partial charge in [0.25, 0.3) is 0 Å². The van der Waals surface area contributed by atoms with Crippen molar-refractivity contribution in [1.29, 1.82) is 0 Å². The molecule has 0 amide bonds. The first-order valence-corrected chi connectivity index (χ1v) is 42.6. The number of thiophene rings is 2. The van der Waals surface area contributed by atoms with E-state index in [0.717, 1.165) is 32.7 Å². The van der Waals surface area contributed by atoms with Crippen LogP contribution in [0.25, 0.3) is 194 Å². The minimum atomic E-state index is -2.86. The van der Waals surface area contributed by atoms with E-state index in [1.807, 2.05) is 114 Å². The molecule has 0 fully saturated rings. The van der Waals surface area contributed by atoms with E-state index >= 15 is 0 Å². The molecule has 0 aliphatic rings. The molecular formula is C108H72AlN5O3S2. The number of hydrogen-bond acceptors (Lipinski definition) is 8. The number of pyridine rings is 3. The van der Waals surface area contributed by atoms with E-state index in [1.165, 1.54) is 161 Å². The Morgan fingerprint density at radius 3 is 0.992 bits per heavy atom. The number of fused-ring (bicyclic) bond motifs is 17. The minimum absolute atomic E-state index is 0. The molecule has 17 aromatic carbocycles. The summed E-state index contributed by atoms with van der Waals surface area (Å²) in [6.07, 6.45) is 5.24. The summed E-state index contributed by atoms with van der Waals surface area (Å²) in [6.45, 7) is 0. The molecule has 11 heteroatoms. The van der Waals surface area contributed by atoms with E-state index < -0.39 is 15.1 Å². The first-order valence-electron chi connectivity index (χ1n) is 39.6. The second-order valence-corrected chi connectivity index (χ2v) is 32.8. The van der Waals surface area contributed by atoms with Crippen LogP contribution in [0.5, 0.6) is 17.2 Å². The van der Waals surface area contributed by atoms with Gasteiger partial charge in [-0.1, -0.05) is 305 Å². The normalized spacial score (nSPS) is 11.5. The largest absolute Gasteiger partial charge is 1.20 e. The maximum absolute atomic E-state index is 6.41. The first-order chi connectivity index (χ1) is 58.5. The standard InChI is InChI=1S/C42H25NS2.C38H25N.3C9H7NO.CH4.Al/c1-2-10-28(11-3-1)43-37-24-26(29-14-8-16-35-33-12-4-6-18-39(33)44-41(29)35)20-22-31(37)32-23-21-27(25-38(32)43)30-15-9-17-36-34-13-5-7-19-40(34)45-42(30)36;1-2-12-26(13-3-1)37-31-16-4-6-18-33(31)38(34-19-7-5-17-32(34)37)27-22-24-28(25-23-27)39-35-20-10-8-14-29(35)30-15-9-11-21-36(30)39;3*11-8-5-1-3-7-4-2-6-10-9(7)8;;/h1-25H;1-25H;3*1-6,11H;1H4;/q;;;;;;+3/p-3. The molecule has 119 heavy (non-hydrogen) atoms. The Morgan fingerprint density at radius 1 is 0.235 bits per heavy atom. The van der Waals surface area contributed by atoms with Gasteiger partial charge in [0.1, 0.15) is 33.8 Å². The molecule has 0 atom stereocenters. The highest BCUT2D eigenvalue weighted by Crippen LogP contribution is 2.48. The number of aromatic nitrogens is 5. The Labute approximate surface area is 699 Å². The molecule has 0 bridgehead atoms. The van der Waals surface area contributed by atoms with Crippen molar-refractivity contribution in [3.8, 4) is 73.1 Å². The Hall–Kier alpha value is -14.5. The van der Waals surface area contributed by atoms with Crippen molar-refractivity contribution in [3.63, 3.8) is 0 Å². The second-order valence-electron chi connectivity index (χ2n) is 29.5. The third-order valence-electron chi connectivity index (χ3n) is 22.7. The summed E-state index contributed by atoms with van der Waals surface area (Å²) < 4.78 is 29.4. The summed E-state index contributed by atoms with van der Waals surface area (Å²) in [4.78, 5) is 13.5. The summed E-state index contributed by atoms with van der Waals surface area (Å²) in [6, 6.07) is 140. The van der Waals surface area contributed by atoms with Gasteiger partial charge in [-0.25, -0.2) is 0 Å². The molecule has 0 aliphatic heterocycles. The van der Waals surface area contributed by atoms with Gasteiger partial charge in [-0.05, 0) is 163 Å². The van der Waals surface area contributed by atoms with Crippen LogP contribution in [0, 0.1) is 0 Å². The zero-order valence-electron chi connectivity index (χ0n) is 63.6. The molecule has 0 saturated carbocycles. The first kappa shape index (κ1) is 72.2. The Morgan fingerprint density at radius 2 is 0.555 bits per heavy atom. The summed E-state index contributed by atoms with van der Waals surface area (Å²) in [5, 5.41) is 18.5. The highest BCUT2D eigenvalue weighted by molar-refractivity contribution is 7.26. The van der Waals surface area contributed by atoms with E-state index in [-0.39, 0.29) is 7.43 Å². The van der Waals surface area contributed by atoms with E-state index in [4.69, 9.17) is 11.4 Å². The molecule has 0 radical (unpaired) electrons. The molecule has 562 valence electrons. The van der Waals surface area contributed by atoms with Gasteiger partial charge in [0, 0.05) is 108 Å². The summed E-state index contributed by atoms with van der Waals surface area (Å²) >= 11 is 0.924. The van der Waals surface area contributed by atoms with Crippen LogP contribution in [-0.2, 0) is 0 Å². The summed E-state index contributed by atoms with van der Waals surface area (Å²) in [5.74, 6) is 1.82. The van der Waals surface area contributed by atoms with Crippen molar-refractivity contribution in [2.45, 2.75) is 7.43 Å². The monoisotopic (exact) mass is 1580 g/mol. The quantitative estimate of drug-likeness (QED) is 0.0896. The minimum Gasteiger partial charge on any atom is -0.576 e. The topological polar surface area (TPSA) is 76.2 Å². The molecule has 0 aliphatic carbocycles. The van der Waals surface area contributed by atoms with E-state index in [2.05, 4.69) is 327 Å². The van der Waals surface area contributed by atoms with Gasteiger partial charge in [-0.3, -0.25) is 15.0 Å². The zero-order chi connectivity index (χ0) is 78.0. The van der Waals surface area contributed by atoms with Gasteiger partial charge in [-0.2, -0.15) is 0 Å². The van der Waals surface area contributed by atoms with Crippen molar-refractivity contribution in [2.24, 2.45) is 0 Å². The fourth-order valence-electron chi connectivity index (χ4n) is 17.4. The van der Waals surface area contributed by atoms with Crippen molar-refractivity contribution >= 4 is 176 Å². The molecule has 0 saturated heterocycles. The van der Waals surface area contributed by atoms with Crippen LogP contribution < -0.4 is 11.4 Å². The van der Waals surface area contributed by atoms with E-state index in [0.29, 0.717) is 17.2 Å². The van der Waals surface area contributed by atoms with Gasteiger partial charge >= 0.3 is 15.1 Å². The van der Waals surface area contributed by atoms with Crippen molar-refractivity contribution in [1.82, 2.24) is 24.1 Å². The Balaban J connectivity index is 0.000000111. The smallest absolute Gasteiger partial charge is 0.576 e. The van der Waals surface area contributed by atoms with E-state index in [9.17, 15) is 0 Å². The zero-order valence-corrected chi connectivity index (χ0v) is 66.4. The summed E-state index contributed by atoms with van der Waals surface area (Å²) in [5.41, 5.74) is 19.6. The van der Waals surface area contributed by atoms with Crippen molar-refractivity contribution in [3.05, 3.63) is 413 Å². The lowest BCUT2D eigenvalue weighted by atomic mass is 9.86. The number of hydrogen-bond donors (Lipinski definition) is 0. The lowest BCUT2D eigenvalue weighted by Crippen LogP contribution is -2.37. The lowest BCUT2D eigenvalue weighted by Gasteiger charge is -2.18. The molecule has 24 aromatic rings. The molecule has 0 spiro atoms. The summed E-state index contributed by atoms with van der Waals surface area (Å²) in [7, 11) is 0. The predicted molar refractivity (Wildman–Crippen MR) is 504 cm³/mol. The fraction of sp³-hybridized carbons (Fsp3) is 0.00926. The van der Waals surface area contributed by atoms with Gasteiger partial charge < -0.3 is 20.5 Å². The van der Waals surface area contributed by atoms with E-state index in [1.54, 1.807) is 18.6 Å². The van der Waals surface area contributed by atoms with Crippen LogP contribution in [-0.4, -0.2) is 39.2 Å². The lowest BCUT2D eigenvalue weighted by molar-refractivity contribution is 0.311. The highest BCUT2D eigenvalue weighted by atomic mass is 32.1. The predicted octanol–water partition coefficient (Wildman–Crippen LogP) is 29.8. The van der Waals surface area contributed by atoms with Crippen LogP contribution in [0.2, 0.25) is 0 Å². The van der Waals surface area contributed by atoms with Crippen LogP contribution in [0.4, 0.5) is 0 Å². The van der Waals surface area contributed by atoms with Crippen molar-refractivity contribution < 1.29 is 11.4 Å². The molecule has 0 unspecified atom stereocenters. The second kappa shape index (κ2) is 30.9. The van der Waals surface area contributed by atoms with Gasteiger partial charge in [0.2, 0.25) is 0 Å². The Bertz CT molecular complexity index is 7530. The molecule has 24 rings (SSSR count). The van der Waals surface area contributed by atoms with Crippen LogP contribution in [0.15, 0.2) is 413 Å². The average Bonchev–Trinajstić information content (AvgIpc) is 0.892. The van der Waals surface area contributed by atoms with Gasteiger partial charge in [0.15, 0.2) is 0 Å². The molecule has 7 aromatic heterocycles. The van der Waals surface area contributed by atoms with Crippen LogP contribution in [0.1, 0.15) is 7.43 Å². The third-order valence-corrected chi connectivity index (χ3v) is 26.4. The van der Waals surface area contributed by atoms with Gasteiger partial charge in [0.05, 0.1) is 22.1 Å². The molecular weight excluding hydrogens is 1510 g/mol. The average molecular weight is 1580 g/mol. The number of para-hydroxylation sites is 6. The molecule has 0 N–H and O–H groups in total. The number of nitrogens with zero attached hydrogens (tertiary/aromatic N) is 5. The van der Waals surface area contributed by atoms with Crippen LogP contribution >= 0.6 is 22.7 Å². The maximum atomic E-state index is 6.41. The number of benzene rings is 17. The van der Waals surface area contributed by atoms with Crippen molar-refractivity contribution in [2.75, 3.05) is 0 Å². The molecule has 8 nitrogen and oxygen atoms in total. The van der Waals surface area contributed by atoms with Gasteiger partial charge in [-0.15, -0.1) is 22.7 Å². The fourth-order valence-corrected chi connectivity index (χ4v) is 21.2.